The first kappa shape index (κ1) is 40.1. The second kappa shape index (κ2) is 21.0. The minimum Gasteiger partial charge on any atom is -0.385 e. The summed E-state index contributed by atoms with van der Waals surface area (Å²) < 4.78 is 0. The molecular formula is C38H48ClN9O3S. The number of hydrogen-bond acceptors (Lipinski definition) is 10. The highest BCUT2D eigenvalue weighted by molar-refractivity contribution is 7.16. The number of hydrogen-bond donors (Lipinski definition) is 5. The van der Waals surface area contributed by atoms with Crippen molar-refractivity contribution in [2.24, 2.45) is 15.2 Å². The molecule has 276 valence electrons. The van der Waals surface area contributed by atoms with Crippen LogP contribution in [-0.4, -0.2) is 74.9 Å². The Morgan fingerprint density at radius 1 is 1.15 bits per heavy atom. The summed E-state index contributed by atoms with van der Waals surface area (Å²) in [6.45, 7) is 9.90. The average Bonchev–Trinajstić information content (AvgIpc) is 3.47. The van der Waals surface area contributed by atoms with Crippen molar-refractivity contribution >= 4 is 76.8 Å². The maximum Gasteiger partial charge on any atom is 0.243 e. The van der Waals surface area contributed by atoms with E-state index in [4.69, 9.17) is 22.0 Å². The Morgan fingerprint density at radius 2 is 1.94 bits per heavy atom. The van der Waals surface area contributed by atoms with Crippen LogP contribution in [0.3, 0.4) is 0 Å². The minimum absolute atomic E-state index is 0.0521. The highest BCUT2D eigenvalue weighted by Gasteiger charge is 2.26. The number of carbonyl (C=O) groups is 3. The van der Waals surface area contributed by atoms with Crippen LogP contribution in [0.15, 0.2) is 63.7 Å². The number of anilines is 2. The molecule has 2 unspecified atom stereocenters. The third-order valence-corrected chi connectivity index (χ3v) is 10.2. The maximum atomic E-state index is 13.1. The zero-order valence-electron chi connectivity index (χ0n) is 29.8. The number of piperidine rings is 1. The highest BCUT2D eigenvalue weighted by Crippen LogP contribution is 2.29. The molecule has 1 aliphatic heterocycles. The lowest BCUT2D eigenvalue weighted by Gasteiger charge is -2.23. The number of amides is 3. The lowest BCUT2D eigenvalue weighted by Crippen LogP contribution is -2.50. The topological polar surface area (TPSA) is 164 Å². The van der Waals surface area contributed by atoms with Crippen molar-refractivity contribution < 1.29 is 14.4 Å². The number of carbonyl (C=O) groups excluding carboxylic acids is 3. The summed E-state index contributed by atoms with van der Waals surface area (Å²) in [5.41, 5.74) is 4.67. The number of aliphatic imine (C=N–C) groups is 1. The van der Waals surface area contributed by atoms with Crippen LogP contribution in [0.2, 0.25) is 5.02 Å². The molecule has 1 aromatic heterocycles. The molecular weight excluding hydrogens is 698 g/mol. The number of benzene rings is 2. The molecule has 4 rings (SSSR count). The van der Waals surface area contributed by atoms with E-state index in [1.54, 1.807) is 23.9 Å². The fourth-order valence-electron chi connectivity index (χ4n) is 5.66. The van der Waals surface area contributed by atoms with Gasteiger partial charge in [0, 0.05) is 73.8 Å². The molecule has 0 saturated carbocycles. The molecule has 2 heterocycles. The van der Waals surface area contributed by atoms with Crippen molar-refractivity contribution in [1.82, 2.24) is 16.0 Å². The van der Waals surface area contributed by atoms with Gasteiger partial charge in [0.15, 0.2) is 0 Å². The van der Waals surface area contributed by atoms with Crippen LogP contribution in [0.5, 0.6) is 0 Å². The molecule has 3 aromatic rings. The van der Waals surface area contributed by atoms with E-state index in [-0.39, 0.29) is 30.2 Å². The van der Waals surface area contributed by atoms with E-state index in [1.165, 1.54) is 16.7 Å². The van der Waals surface area contributed by atoms with Crippen molar-refractivity contribution in [1.29, 1.82) is 5.41 Å². The van der Waals surface area contributed by atoms with E-state index in [2.05, 4.69) is 58.1 Å². The molecule has 0 bridgehead atoms. The molecule has 2 atom stereocenters. The molecule has 14 heteroatoms. The Balaban J connectivity index is 1.25. The smallest absolute Gasteiger partial charge is 0.243 e. The van der Waals surface area contributed by atoms with Crippen LogP contribution in [0, 0.1) is 19.3 Å². The van der Waals surface area contributed by atoms with Crippen LogP contribution >= 0.6 is 22.9 Å². The number of halogens is 1. The molecule has 0 spiro atoms. The molecule has 1 fully saturated rings. The minimum atomic E-state index is -0.450. The van der Waals surface area contributed by atoms with E-state index in [0.29, 0.717) is 50.5 Å². The normalized spacial score (nSPS) is 15.1. The average molecular weight is 746 g/mol. The first-order chi connectivity index (χ1) is 25.2. The number of nitrogens with zero attached hydrogens (tertiary/aromatic N) is 4. The van der Waals surface area contributed by atoms with Crippen LogP contribution in [0.4, 0.5) is 10.7 Å². The molecule has 1 saturated heterocycles. The van der Waals surface area contributed by atoms with Crippen molar-refractivity contribution in [3.05, 3.63) is 80.7 Å². The first-order valence-corrected chi connectivity index (χ1v) is 18.7. The molecule has 0 aliphatic carbocycles. The zero-order valence-corrected chi connectivity index (χ0v) is 31.4. The summed E-state index contributed by atoms with van der Waals surface area (Å²) in [6.07, 6.45) is 9.00. The SMILES string of the molecule is C=N/N=C\N(CCC(CC(=O)NCCCCCNc1cccc(C=N)c1CNC1CCC(=O)NC1=O)/N=C/c1ccc(Cl)cc1)c1cc(C)c(C)s1. The third kappa shape index (κ3) is 12.8. The fraction of sp³-hybridized carbons (Fsp3) is 0.395. The predicted molar refractivity (Wildman–Crippen MR) is 214 cm³/mol. The molecule has 0 radical (unpaired) electrons. The number of nitrogens with one attached hydrogen (secondary N) is 5. The lowest BCUT2D eigenvalue weighted by atomic mass is 10.0. The number of unbranched alkanes of at least 4 members (excludes halogenated alkanes) is 2. The van der Waals surface area contributed by atoms with Gasteiger partial charge in [0.25, 0.3) is 0 Å². The van der Waals surface area contributed by atoms with E-state index in [9.17, 15) is 14.4 Å². The fourth-order valence-corrected chi connectivity index (χ4v) is 6.81. The largest absolute Gasteiger partial charge is 0.385 e. The second-order valence-electron chi connectivity index (χ2n) is 12.6. The standard InChI is InChI=1S/C38H48ClN9O3S/c1-26-20-37(52-27(26)2)48(25-46-41-3)19-16-31(44-23-28-10-12-30(39)13-11-28)21-36(50)43-18-6-4-5-17-42-33-9-7-8-29(22-40)32(33)24-45-34-14-15-35(49)47-38(34)51/h7-13,20,22-23,25,31,34,40,42,45H,3-6,14-19,21,24H2,1-2H3,(H,43,50)(H,47,49,51)/b40-22?,44-23+,46-25-. The molecule has 12 nitrogen and oxygen atoms in total. The number of imide groups is 1. The summed E-state index contributed by atoms with van der Waals surface area (Å²) >= 11 is 7.74. The van der Waals surface area contributed by atoms with Gasteiger partial charge in [-0.15, -0.1) is 16.4 Å². The van der Waals surface area contributed by atoms with Gasteiger partial charge in [0.2, 0.25) is 17.7 Å². The van der Waals surface area contributed by atoms with Crippen molar-refractivity contribution in [2.45, 2.75) is 77.4 Å². The summed E-state index contributed by atoms with van der Waals surface area (Å²) in [7, 11) is 0. The summed E-state index contributed by atoms with van der Waals surface area (Å²) in [6, 6.07) is 14.6. The van der Waals surface area contributed by atoms with Gasteiger partial charge in [-0.1, -0.05) is 35.9 Å². The molecule has 5 N–H and O–H groups in total. The van der Waals surface area contributed by atoms with Crippen LogP contribution in [-0.2, 0) is 20.9 Å². The van der Waals surface area contributed by atoms with E-state index >= 15 is 0 Å². The zero-order chi connectivity index (χ0) is 37.3. The van der Waals surface area contributed by atoms with Crippen LogP contribution < -0.4 is 26.2 Å². The second-order valence-corrected chi connectivity index (χ2v) is 14.3. The van der Waals surface area contributed by atoms with E-state index in [0.717, 1.165) is 46.6 Å². The Kier molecular flexibility index (Phi) is 16.1. The summed E-state index contributed by atoms with van der Waals surface area (Å²) in [5, 5.41) is 29.4. The van der Waals surface area contributed by atoms with Gasteiger partial charge in [-0.2, -0.15) is 5.10 Å². The molecule has 1 aliphatic rings. The van der Waals surface area contributed by atoms with Gasteiger partial charge in [0.05, 0.1) is 17.1 Å². The van der Waals surface area contributed by atoms with Crippen molar-refractivity contribution in [2.75, 3.05) is 29.9 Å². The van der Waals surface area contributed by atoms with E-state index in [1.807, 2.05) is 47.4 Å². The Morgan fingerprint density at radius 3 is 2.65 bits per heavy atom. The van der Waals surface area contributed by atoms with Gasteiger partial charge in [-0.05, 0) is 92.5 Å². The quantitative estimate of drug-likeness (QED) is 0.0294. The van der Waals surface area contributed by atoms with Crippen LogP contribution in [0.1, 0.15) is 72.1 Å². The maximum absolute atomic E-state index is 13.1. The van der Waals surface area contributed by atoms with Gasteiger partial charge in [-0.3, -0.25) is 24.7 Å². The van der Waals surface area contributed by atoms with E-state index < -0.39 is 6.04 Å². The van der Waals surface area contributed by atoms with Crippen LogP contribution in [0.25, 0.3) is 0 Å². The van der Waals surface area contributed by atoms with Gasteiger partial charge < -0.3 is 26.3 Å². The number of thiophene rings is 1. The van der Waals surface area contributed by atoms with Crippen molar-refractivity contribution in [3.63, 3.8) is 0 Å². The summed E-state index contributed by atoms with van der Waals surface area (Å²) in [4.78, 5) is 44.8. The Labute approximate surface area is 314 Å². The van der Waals surface area contributed by atoms with Gasteiger partial charge in [-0.25, -0.2) is 0 Å². The molecule has 3 amide bonds. The lowest BCUT2D eigenvalue weighted by molar-refractivity contribution is -0.134. The number of aryl methyl sites for hydroxylation is 2. The Bertz CT molecular complexity index is 1720. The first-order valence-electron chi connectivity index (χ1n) is 17.5. The summed E-state index contributed by atoms with van der Waals surface area (Å²) in [5.74, 6) is -0.618. The van der Waals surface area contributed by atoms with Gasteiger partial charge in [0.1, 0.15) is 6.34 Å². The molecule has 52 heavy (non-hydrogen) atoms. The Hall–Kier alpha value is -4.72. The van der Waals surface area contributed by atoms with Crippen molar-refractivity contribution in [3.8, 4) is 0 Å². The predicted octanol–water partition coefficient (Wildman–Crippen LogP) is 6.03. The van der Waals surface area contributed by atoms with Gasteiger partial charge >= 0.3 is 0 Å². The highest BCUT2D eigenvalue weighted by atomic mass is 35.5. The monoisotopic (exact) mass is 745 g/mol. The third-order valence-electron chi connectivity index (χ3n) is 8.76. The number of rotatable bonds is 21. The molecule has 2 aromatic carbocycles.